The minimum Gasteiger partial charge on any atom is -0.456 e. The summed E-state index contributed by atoms with van der Waals surface area (Å²) in [6.07, 6.45) is 0. The molecule has 7 heteroatoms. The van der Waals surface area contributed by atoms with Gasteiger partial charge in [0.2, 0.25) is 0 Å². The van der Waals surface area contributed by atoms with Gasteiger partial charge in [-0.1, -0.05) is 66.2 Å². The molecule has 0 amide bonds. The monoisotopic (exact) mass is 423 g/mol. The van der Waals surface area contributed by atoms with Crippen molar-refractivity contribution >= 4 is 27.5 Å². The Morgan fingerprint density at radius 2 is 1.40 bits per heavy atom. The number of benzene rings is 3. The van der Waals surface area contributed by atoms with Gasteiger partial charge in [-0.25, -0.2) is 8.42 Å². The summed E-state index contributed by atoms with van der Waals surface area (Å²) in [6, 6.07) is 23.0. The van der Waals surface area contributed by atoms with E-state index in [1.807, 2.05) is 6.92 Å². The lowest BCUT2D eigenvalue weighted by atomic mass is 10.1. The quantitative estimate of drug-likeness (QED) is 0.408. The maximum absolute atomic E-state index is 13.2. The number of hydrogen-bond acceptors (Lipinski definition) is 5. The molecule has 0 aromatic heterocycles. The molecule has 3 aromatic carbocycles. The van der Waals surface area contributed by atoms with E-state index >= 15 is 0 Å². The molecule has 0 saturated heterocycles. The van der Waals surface area contributed by atoms with E-state index in [2.05, 4.69) is 0 Å². The van der Waals surface area contributed by atoms with Gasteiger partial charge in [-0.3, -0.25) is 13.9 Å². The summed E-state index contributed by atoms with van der Waals surface area (Å²) in [4.78, 5) is 24.6. The second-order valence-corrected chi connectivity index (χ2v) is 8.47. The lowest BCUT2D eigenvalue weighted by molar-refractivity contribution is -0.140. The van der Waals surface area contributed by atoms with Crippen molar-refractivity contribution in [1.82, 2.24) is 0 Å². The van der Waals surface area contributed by atoms with Crippen LogP contribution in [0.1, 0.15) is 15.9 Å². The molecule has 0 aliphatic rings. The largest absolute Gasteiger partial charge is 0.456 e. The van der Waals surface area contributed by atoms with Crippen LogP contribution in [0.25, 0.3) is 0 Å². The molecule has 0 radical (unpaired) electrons. The zero-order valence-corrected chi connectivity index (χ0v) is 17.2. The number of carbonyl (C=O) groups is 2. The van der Waals surface area contributed by atoms with Crippen LogP contribution >= 0.6 is 0 Å². The molecule has 0 N–H and O–H groups in total. The molecule has 0 atom stereocenters. The fraction of sp³-hybridized carbons (Fsp3) is 0.130. The SMILES string of the molecule is Cc1ccc(N(CC(=O)OCC(=O)c2ccccc2)S(=O)(=O)c2ccccc2)cc1. The summed E-state index contributed by atoms with van der Waals surface area (Å²) >= 11 is 0. The van der Waals surface area contributed by atoms with Gasteiger partial charge in [-0.2, -0.15) is 0 Å². The molecule has 30 heavy (non-hydrogen) atoms. The first-order valence-electron chi connectivity index (χ1n) is 9.26. The number of ether oxygens (including phenoxy) is 1. The molecule has 0 aliphatic carbocycles. The Kier molecular flexibility index (Phi) is 6.64. The van der Waals surface area contributed by atoms with Gasteiger partial charge < -0.3 is 4.74 Å². The Morgan fingerprint density at radius 3 is 2.00 bits per heavy atom. The second-order valence-electron chi connectivity index (χ2n) is 6.61. The van der Waals surface area contributed by atoms with Gasteiger partial charge >= 0.3 is 5.97 Å². The highest BCUT2D eigenvalue weighted by Gasteiger charge is 2.28. The predicted octanol–water partition coefficient (Wildman–Crippen LogP) is 3.62. The van der Waals surface area contributed by atoms with Crippen molar-refractivity contribution in [1.29, 1.82) is 0 Å². The smallest absolute Gasteiger partial charge is 0.327 e. The molecular formula is C23H21NO5S. The molecule has 6 nitrogen and oxygen atoms in total. The van der Waals surface area contributed by atoms with Crippen molar-refractivity contribution in [2.24, 2.45) is 0 Å². The molecule has 154 valence electrons. The van der Waals surface area contributed by atoms with E-state index in [0.717, 1.165) is 9.87 Å². The van der Waals surface area contributed by atoms with Crippen LogP contribution in [0.4, 0.5) is 5.69 Å². The van der Waals surface area contributed by atoms with Crippen LogP contribution in [0.3, 0.4) is 0 Å². The number of carbonyl (C=O) groups excluding carboxylic acids is 2. The van der Waals surface area contributed by atoms with Gasteiger partial charge in [0.1, 0.15) is 6.54 Å². The van der Waals surface area contributed by atoms with Crippen LogP contribution in [0.2, 0.25) is 0 Å². The summed E-state index contributed by atoms with van der Waals surface area (Å²) in [5, 5.41) is 0. The first-order valence-corrected chi connectivity index (χ1v) is 10.7. The minimum atomic E-state index is -4.01. The van der Waals surface area contributed by atoms with Crippen LogP contribution < -0.4 is 4.31 Å². The first-order chi connectivity index (χ1) is 14.4. The third kappa shape index (κ3) is 5.12. The number of ketones is 1. The van der Waals surface area contributed by atoms with E-state index in [4.69, 9.17) is 4.74 Å². The van der Waals surface area contributed by atoms with Crippen molar-refractivity contribution in [3.05, 3.63) is 96.1 Å². The van der Waals surface area contributed by atoms with E-state index in [1.54, 1.807) is 72.8 Å². The van der Waals surface area contributed by atoms with Crippen molar-refractivity contribution in [3.63, 3.8) is 0 Å². The van der Waals surface area contributed by atoms with Gasteiger partial charge in [0.05, 0.1) is 10.6 Å². The van der Waals surface area contributed by atoms with Gasteiger partial charge in [0, 0.05) is 5.56 Å². The highest BCUT2D eigenvalue weighted by Crippen LogP contribution is 2.24. The van der Waals surface area contributed by atoms with Gasteiger partial charge in [0.15, 0.2) is 12.4 Å². The Morgan fingerprint density at radius 1 is 0.833 bits per heavy atom. The fourth-order valence-electron chi connectivity index (χ4n) is 2.76. The van der Waals surface area contributed by atoms with Crippen LogP contribution in [0, 0.1) is 6.92 Å². The Balaban J connectivity index is 1.80. The average Bonchev–Trinajstić information content (AvgIpc) is 2.77. The lowest BCUT2D eigenvalue weighted by Crippen LogP contribution is -2.37. The fourth-order valence-corrected chi connectivity index (χ4v) is 4.19. The molecule has 0 spiro atoms. The van der Waals surface area contributed by atoms with Crippen LogP contribution in [-0.4, -0.2) is 33.3 Å². The number of aryl methyl sites for hydroxylation is 1. The van der Waals surface area contributed by atoms with E-state index in [1.165, 1.54) is 12.1 Å². The summed E-state index contributed by atoms with van der Waals surface area (Å²) in [6.45, 7) is 0.863. The maximum Gasteiger partial charge on any atom is 0.327 e. The number of rotatable bonds is 8. The third-order valence-corrected chi connectivity index (χ3v) is 6.17. The number of Topliss-reactive ketones (excluding diaryl/α,β-unsaturated/α-hetero) is 1. The van der Waals surface area contributed by atoms with E-state index < -0.39 is 29.1 Å². The van der Waals surface area contributed by atoms with Crippen molar-refractivity contribution in [3.8, 4) is 0 Å². The molecule has 0 fully saturated rings. The second kappa shape index (κ2) is 9.37. The predicted molar refractivity (Wildman–Crippen MR) is 114 cm³/mol. The Labute approximate surface area is 175 Å². The van der Waals surface area contributed by atoms with E-state index in [-0.39, 0.29) is 10.7 Å². The van der Waals surface area contributed by atoms with Crippen LogP contribution in [-0.2, 0) is 19.6 Å². The molecule has 3 aromatic rings. The molecule has 0 saturated carbocycles. The topological polar surface area (TPSA) is 80.8 Å². The van der Waals surface area contributed by atoms with Crippen molar-refractivity contribution in [2.75, 3.05) is 17.5 Å². The minimum absolute atomic E-state index is 0.0544. The van der Waals surface area contributed by atoms with Gasteiger partial charge in [-0.15, -0.1) is 0 Å². The Hall–Kier alpha value is -3.45. The Bertz CT molecular complexity index is 1110. The first kappa shape index (κ1) is 21.3. The van der Waals surface area contributed by atoms with Crippen LogP contribution in [0.5, 0.6) is 0 Å². The zero-order valence-electron chi connectivity index (χ0n) is 16.4. The summed E-state index contributed by atoms with van der Waals surface area (Å²) in [5.41, 5.74) is 1.69. The number of hydrogen-bond donors (Lipinski definition) is 0. The third-order valence-electron chi connectivity index (χ3n) is 4.39. The molecule has 0 unspecified atom stereocenters. The summed E-state index contributed by atoms with van der Waals surface area (Å²) < 4.78 is 32.4. The zero-order chi connectivity index (χ0) is 21.6. The molecule has 3 rings (SSSR count). The number of sulfonamides is 1. The summed E-state index contributed by atoms with van der Waals surface area (Å²) in [7, 11) is -4.01. The highest BCUT2D eigenvalue weighted by atomic mass is 32.2. The summed E-state index contributed by atoms with van der Waals surface area (Å²) in [5.74, 6) is -1.18. The molecular weight excluding hydrogens is 402 g/mol. The number of esters is 1. The van der Waals surface area contributed by atoms with Crippen LogP contribution in [0.15, 0.2) is 89.8 Å². The number of nitrogens with zero attached hydrogens (tertiary/aromatic N) is 1. The lowest BCUT2D eigenvalue weighted by Gasteiger charge is -2.23. The maximum atomic E-state index is 13.2. The number of anilines is 1. The van der Waals surface area contributed by atoms with Gasteiger partial charge in [0.25, 0.3) is 10.0 Å². The molecule has 0 bridgehead atoms. The normalized spacial score (nSPS) is 11.0. The van der Waals surface area contributed by atoms with Crippen molar-refractivity contribution in [2.45, 2.75) is 11.8 Å². The molecule has 0 aliphatic heterocycles. The van der Waals surface area contributed by atoms with E-state index in [0.29, 0.717) is 11.3 Å². The van der Waals surface area contributed by atoms with Gasteiger partial charge in [-0.05, 0) is 31.2 Å². The van der Waals surface area contributed by atoms with E-state index in [9.17, 15) is 18.0 Å². The average molecular weight is 423 g/mol. The standard InChI is InChI=1S/C23H21NO5S/c1-18-12-14-20(15-13-18)24(30(27,28)21-10-6-3-7-11-21)16-23(26)29-17-22(25)19-8-4-2-5-9-19/h2-15H,16-17H2,1H3. The molecule has 0 heterocycles. The highest BCUT2D eigenvalue weighted by molar-refractivity contribution is 7.92. The van der Waals surface area contributed by atoms with Crippen molar-refractivity contribution < 1.29 is 22.7 Å².